The number of hydrogen-bond acceptors (Lipinski definition) is 4. The second-order valence-electron chi connectivity index (χ2n) is 10.5. The lowest BCUT2D eigenvalue weighted by atomic mass is 9.73. The topological polar surface area (TPSA) is 64.6 Å². The second kappa shape index (κ2) is 10.9. The summed E-state index contributed by atoms with van der Waals surface area (Å²) in [5.74, 6) is 0.962. The van der Waals surface area contributed by atoms with Crippen LogP contribution < -0.4 is 5.32 Å². The van der Waals surface area contributed by atoms with Gasteiger partial charge in [-0.15, -0.1) is 0 Å². The van der Waals surface area contributed by atoms with Crippen molar-refractivity contribution in [3.05, 3.63) is 34.9 Å². The highest BCUT2D eigenvalue weighted by molar-refractivity contribution is 6.30. The van der Waals surface area contributed by atoms with Crippen molar-refractivity contribution in [2.75, 3.05) is 0 Å². The summed E-state index contributed by atoms with van der Waals surface area (Å²) in [6.45, 7) is 7.46. The number of carbonyl (C=O) groups is 2. The van der Waals surface area contributed by atoms with Crippen molar-refractivity contribution in [1.29, 1.82) is 0 Å². The van der Waals surface area contributed by atoms with Gasteiger partial charge in [0.05, 0.1) is 0 Å². The molecule has 1 saturated carbocycles. The van der Waals surface area contributed by atoms with Crippen LogP contribution in [0.4, 0.5) is 4.79 Å². The second-order valence-corrected chi connectivity index (χ2v) is 10.9. The Labute approximate surface area is 197 Å². The van der Waals surface area contributed by atoms with Gasteiger partial charge < -0.3 is 14.8 Å². The Bertz CT molecular complexity index is 767. The van der Waals surface area contributed by atoms with Crippen LogP contribution in [-0.4, -0.2) is 29.8 Å². The molecule has 1 aromatic carbocycles. The maximum atomic E-state index is 13.0. The summed E-state index contributed by atoms with van der Waals surface area (Å²) < 4.78 is 11.4. The molecular weight excluding hydrogens is 426 g/mol. The molecule has 6 heteroatoms. The zero-order chi connectivity index (χ0) is 23.3. The molecule has 1 heterocycles. The molecule has 2 aliphatic rings. The van der Waals surface area contributed by atoms with E-state index in [1.165, 1.54) is 31.2 Å². The Morgan fingerprint density at radius 2 is 1.75 bits per heavy atom. The lowest BCUT2D eigenvalue weighted by Crippen LogP contribution is -2.45. The van der Waals surface area contributed by atoms with E-state index in [4.69, 9.17) is 21.1 Å². The molecule has 4 unspecified atom stereocenters. The first-order chi connectivity index (χ1) is 15.1. The van der Waals surface area contributed by atoms with Crippen LogP contribution >= 0.6 is 11.6 Å². The molecule has 1 N–H and O–H groups in total. The van der Waals surface area contributed by atoms with E-state index in [-0.39, 0.29) is 12.1 Å². The van der Waals surface area contributed by atoms with Crippen LogP contribution in [0.15, 0.2) is 24.3 Å². The predicted octanol–water partition coefficient (Wildman–Crippen LogP) is 6.31. The number of nitrogens with one attached hydrogen (secondary N) is 1. The van der Waals surface area contributed by atoms with Gasteiger partial charge in [-0.3, -0.25) is 0 Å². The summed E-state index contributed by atoms with van der Waals surface area (Å²) in [6, 6.07) is 7.42. The molecular formula is C26H38ClNO4. The number of amides is 1. The molecule has 0 bridgehead atoms. The van der Waals surface area contributed by atoms with E-state index in [0.29, 0.717) is 24.2 Å². The van der Waals surface area contributed by atoms with Crippen LogP contribution in [0.2, 0.25) is 5.02 Å². The number of benzene rings is 1. The van der Waals surface area contributed by atoms with Crippen LogP contribution in [0.3, 0.4) is 0 Å². The van der Waals surface area contributed by atoms with Crippen LogP contribution in [0, 0.1) is 17.8 Å². The Kier molecular flexibility index (Phi) is 8.49. The van der Waals surface area contributed by atoms with Crippen molar-refractivity contribution in [3.8, 4) is 0 Å². The van der Waals surface area contributed by atoms with Crippen LogP contribution in [0.5, 0.6) is 0 Å². The molecule has 2 fully saturated rings. The number of alkyl carbamates (subject to hydrolysis) is 1. The lowest BCUT2D eigenvalue weighted by molar-refractivity contribution is -0.155. The van der Waals surface area contributed by atoms with E-state index in [0.717, 1.165) is 24.3 Å². The molecule has 178 valence electrons. The van der Waals surface area contributed by atoms with Crippen molar-refractivity contribution in [2.45, 2.75) is 96.8 Å². The Balaban J connectivity index is 1.77. The summed E-state index contributed by atoms with van der Waals surface area (Å²) >= 11 is 6.09. The normalized spacial score (nSPS) is 27.7. The maximum Gasteiger partial charge on any atom is 0.408 e. The summed E-state index contributed by atoms with van der Waals surface area (Å²) in [4.78, 5) is 25.3. The quantitative estimate of drug-likeness (QED) is 0.531. The third kappa shape index (κ3) is 7.13. The minimum atomic E-state index is -0.675. The first-order valence-corrected chi connectivity index (χ1v) is 12.4. The number of hydrogen-bond donors (Lipinski definition) is 1. The van der Waals surface area contributed by atoms with E-state index in [9.17, 15) is 9.59 Å². The molecule has 0 radical (unpaired) electrons. The minimum Gasteiger partial charge on any atom is -0.461 e. The molecule has 1 aromatic rings. The largest absolute Gasteiger partial charge is 0.461 e. The molecule has 1 saturated heterocycles. The molecule has 0 aromatic heterocycles. The van der Waals surface area contributed by atoms with E-state index in [2.05, 4.69) is 17.4 Å². The average Bonchev–Trinajstić information content (AvgIpc) is 3.22. The van der Waals surface area contributed by atoms with Crippen molar-refractivity contribution < 1.29 is 19.1 Å². The van der Waals surface area contributed by atoms with Gasteiger partial charge in [-0.2, -0.15) is 0 Å². The Hall–Kier alpha value is -1.75. The van der Waals surface area contributed by atoms with E-state index < -0.39 is 17.7 Å². The fourth-order valence-corrected chi connectivity index (χ4v) is 5.60. The van der Waals surface area contributed by atoms with Gasteiger partial charge in [0.15, 0.2) is 0 Å². The SMILES string of the molecule is CC1OC(=O)C(NC(=O)OC(C)(C)C)CCCC(Cc2ccc(Cl)cc2)C1C1CCCC1. The maximum absolute atomic E-state index is 13.0. The minimum absolute atomic E-state index is 0.191. The summed E-state index contributed by atoms with van der Waals surface area (Å²) in [6.07, 6.45) is 7.48. The van der Waals surface area contributed by atoms with Gasteiger partial charge in [-0.1, -0.05) is 55.8 Å². The van der Waals surface area contributed by atoms with Gasteiger partial charge in [0.2, 0.25) is 0 Å². The monoisotopic (exact) mass is 463 g/mol. The number of carbonyl (C=O) groups excluding carboxylic acids is 2. The van der Waals surface area contributed by atoms with Gasteiger partial charge in [-0.25, -0.2) is 9.59 Å². The number of rotatable bonds is 4. The van der Waals surface area contributed by atoms with E-state index >= 15 is 0 Å². The van der Waals surface area contributed by atoms with Gasteiger partial charge >= 0.3 is 12.1 Å². The van der Waals surface area contributed by atoms with Crippen molar-refractivity contribution in [1.82, 2.24) is 5.32 Å². The number of halogens is 1. The van der Waals surface area contributed by atoms with E-state index in [1.54, 1.807) is 0 Å². The average molecular weight is 464 g/mol. The van der Waals surface area contributed by atoms with Gasteiger partial charge in [0.1, 0.15) is 17.7 Å². The Morgan fingerprint density at radius 3 is 2.38 bits per heavy atom. The molecule has 0 spiro atoms. The van der Waals surface area contributed by atoms with Crippen molar-refractivity contribution >= 4 is 23.7 Å². The molecule has 32 heavy (non-hydrogen) atoms. The smallest absolute Gasteiger partial charge is 0.408 e. The van der Waals surface area contributed by atoms with Crippen molar-refractivity contribution in [2.24, 2.45) is 17.8 Å². The molecule has 3 rings (SSSR count). The van der Waals surface area contributed by atoms with Crippen LogP contribution in [-0.2, 0) is 20.7 Å². The van der Waals surface area contributed by atoms with Gasteiger partial charge in [-0.05, 0) is 76.5 Å². The van der Waals surface area contributed by atoms with Crippen molar-refractivity contribution in [3.63, 3.8) is 0 Å². The molecule has 5 nitrogen and oxygen atoms in total. The highest BCUT2D eigenvalue weighted by Crippen LogP contribution is 2.42. The summed E-state index contributed by atoms with van der Waals surface area (Å²) in [5, 5.41) is 3.49. The number of esters is 1. The standard InChI is InChI=1S/C26H38ClNO4/c1-17-23(19-8-5-6-9-19)20(16-18-12-14-21(27)15-13-18)10-7-11-22(24(29)31-17)28-25(30)32-26(2,3)4/h12-15,17,19-20,22-23H,5-11,16H2,1-4H3,(H,28,30). The first kappa shape index (κ1) is 24.9. The summed E-state index contributed by atoms with van der Waals surface area (Å²) in [5.41, 5.74) is 0.653. The summed E-state index contributed by atoms with van der Waals surface area (Å²) in [7, 11) is 0. The zero-order valence-electron chi connectivity index (χ0n) is 19.9. The fourth-order valence-electron chi connectivity index (χ4n) is 5.47. The molecule has 1 aliphatic carbocycles. The highest BCUT2D eigenvalue weighted by atomic mass is 35.5. The third-order valence-corrected chi connectivity index (χ3v) is 7.04. The lowest BCUT2D eigenvalue weighted by Gasteiger charge is -2.35. The van der Waals surface area contributed by atoms with Gasteiger partial charge in [0.25, 0.3) is 0 Å². The first-order valence-electron chi connectivity index (χ1n) is 12.1. The fraction of sp³-hybridized carbons (Fsp3) is 0.692. The van der Waals surface area contributed by atoms with Gasteiger partial charge in [0, 0.05) is 10.9 Å². The zero-order valence-corrected chi connectivity index (χ0v) is 20.6. The predicted molar refractivity (Wildman–Crippen MR) is 127 cm³/mol. The van der Waals surface area contributed by atoms with Crippen LogP contribution in [0.1, 0.15) is 78.2 Å². The molecule has 1 aliphatic heterocycles. The van der Waals surface area contributed by atoms with E-state index in [1.807, 2.05) is 39.8 Å². The number of cyclic esters (lactones) is 1. The molecule has 1 amide bonds. The highest BCUT2D eigenvalue weighted by Gasteiger charge is 2.39. The molecule has 4 atom stereocenters. The Morgan fingerprint density at radius 1 is 1.09 bits per heavy atom. The third-order valence-electron chi connectivity index (χ3n) is 6.79. The number of ether oxygens (including phenoxy) is 2. The van der Waals surface area contributed by atoms with Crippen LogP contribution in [0.25, 0.3) is 0 Å².